The van der Waals surface area contributed by atoms with Gasteiger partial charge >= 0.3 is 0 Å². The van der Waals surface area contributed by atoms with Crippen molar-refractivity contribution >= 4 is 39.1 Å². The summed E-state index contributed by atoms with van der Waals surface area (Å²) in [5, 5.41) is 31.9. The highest BCUT2D eigenvalue weighted by atomic mass is 16.6. The van der Waals surface area contributed by atoms with Crippen LogP contribution in [0.5, 0.6) is 5.75 Å². The number of anilines is 1. The standard InChI is InChI=1S/C33H22N8O4/c34-15-26-31(35)45-30-13-23-22-5-1-3-7-27(22)36-28(23)14-25(30)33(26)24-6-2-4-8-29(24)40(32(33)42)18-20-17-39(38-37-20)16-19-9-11-21(12-10-19)41(43)44/h1-14,17,36H,16,18,35H2. The second-order valence-electron chi connectivity index (χ2n) is 11.0. The number of benzene rings is 4. The van der Waals surface area contributed by atoms with E-state index < -0.39 is 10.3 Å². The van der Waals surface area contributed by atoms with Crippen molar-refractivity contribution in [2.24, 2.45) is 5.73 Å². The number of hydrogen-bond donors (Lipinski definition) is 2. The molecule has 3 N–H and O–H groups in total. The molecule has 2 aliphatic rings. The number of amides is 1. The summed E-state index contributed by atoms with van der Waals surface area (Å²) in [5.41, 5.74) is 9.71. The molecular formula is C33H22N8O4. The van der Waals surface area contributed by atoms with E-state index in [9.17, 15) is 20.2 Å². The van der Waals surface area contributed by atoms with Gasteiger partial charge in [-0.05, 0) is 29.8 Å². The van der Waals surface area contributed by atoms with E-state index in [2.05, 4.69) is 21.4 Å². The van der Waals surface area contributed by atoms with Crippen molar-refractivity contribution < 1.29 is 14.5 Å². The molecule has 1 unspecified atom stereocenters. The summed E-state index contributed by atoms with van der Waals surface area (Å²) < 4.78 is 7.64. The van der Waals surface area contributed by atoms with Crippen molar-refractivity contribution in [3.8, 4) is 11.8 Å². The van der Waals surface area contributed by atoms with Gasteiger partial charge in [-0.1, -0.05) is 53.7 Å². The lowest BCUT2D eigenvalue weighted by Crippen LogP contribution is -2.45. The maximum absolute atomic E-state index is 14.8. The number of nitrogens with one attached hydrogen (secondary N) is 1. The van der Waals surface area contributed by atoms with Gasteiger partial charge in [-0.15, -0.1) is 5.10 Å². The van der Waals surface area contributed by atoms with Gasteiger partial charge in [-0.25, -0.2) is 4.68 Å². The van der Waals surface area contributed by atoms with Gasteiger partial charge in [0.2, 0.25) is 11.8 Å². The van der Waals surface area contributed by atoms with Gasteiger partial charge in [0.15, 0.2) is 0 Å². The molecule has 1 spiro atoms. The van der Waals surface area contributed by atoms with E-state index in [1.54, 1.807) is 27.9 Å². The van der Waals surface area contributed by atoms with Gasteiger partial charge in [-0.2, -0.15) is 5.26 Å². The Morgan fingerprint density at radius 3 is 2.56 bits per heavy atom. The molecule has 0 radical (unpaired) electrons. The molecule has 8 rings (SSSR count). The summed E-state index contributed by atoms with van der Waals surface area (Å²) in [5.74, 6) is -0.0702. The number of H-pyrrole nitrogens is 1. The highest BCUT2D eigenvalue weighted by Crippen LogP contribution is 2.56. The fourth-order valence-electron chi connectivity index (χ4n) is 6.56. The third kappa shape index (κ3) is 3.74. The van der Waals surface area contributed by atoms with E-state index in [1.807, 2.05) is 60.7 Å². The Balaban J connectivity index is 1.22. The second kappa shape index (κ2) is 9.51. The van der Waals surface area contributed by atoms with Crippen molar-refractivity contribution in [2.75, 3.05) is 4.90 Å². The molecule has 2 aromatic heterocycles. The maximum Gasteiger partial charge on any atom is 0.269 e. The lowest BCUT2D eigenvalue weighted by Gasteiger charge is -2.34. The van der Waals surface area contributed by atoms with Crippen LogP contribution in [0.2, 0.25) is 0 Å². The average molecular weight is 595 g/mol. The quantitative estimate of drug-likeness (QED) is 0.212. The normalized spacial score (nSPS) is 17.0. The zero-order valence-corrected chi connectivity index (χ0v) is 23.5. The summed E-state index contributed by atoms with van der Waals surface area (Å²) in [6.07, 6.45) is 1.73. The summed E-state index contributed by atoms with van der Waals surface area (Å²) in [6, 6.07) is 27.4. The molecule has 0 saturated heterocycles. The Labute approximate surface area is 254 Å². The predicted molar refractivity (Wildman–Crippen MR) is 164 cm³/mol. The minimum Gasteiger partial charge on any atom is -0.440 e. The van der Waals surface area contributed by atoms with E-state index in [-0.39, 0.29) is 29.6 Å². The van der Waals surface area contributed by atoms with Crippen LogP contribution in [0.15, 0.2) is 103 Å². The number of hydrogen-bond acceptors (Lipinski definition) is 8. The first-order valence-corrected chi connectivity index (χ1v) is 14.1. The van der Waals surface area contributed by atoms with Gasteiger partial charge in [0.25, 0.3) is 5.69 Å². The number of carbonyl (C=O) groups excluding carboxylic acids is 1. The lowest BCUT2D eigenvalue weighted by molar-refractivity contribution is -0.384. The molecule has 1 amide bonds. The molecule has 2 aliphatic heterocycles. The molecule has 0 aliphatic carbocycles. The number of ether oxygens (including phenoxy) is 1. The minimum absolute atomic E-state index is 0.00422. The first kappa shape index (κ1) is 26.2. The van der Waals surface area contributed by atoms with Crippen LogP contribution >= 0.6 is 0 Å². The molecule has 12 heteroatoms. The molecule has 45 heavy (non-hydrogen) atoms. The molecule has 218 valence electrons. The van der Waals surface area contributed by atoms with E-state index in [1.165, 1.54) is 12.1 Å². The molecule has 0 fully saturated rings. The number of aromatic nitrogens is 4. The highest BCUT2D eigenvalue weighted by Gasteiger charge is 2.59. The van der Waals surface area contributed by atoms with Crippen molar-refractivity contribution in [1.82, 2.24) is 20.0 Å². The predicted octanol–water partition coefficient (Wildman–Crippen LogP) is 4.79. The fraction of sp³-hybridized carbons (Fsp3) is 0.0909. The number of para-hydroxylation sites is 2. The summed E-state index contributed by atoms with van der Waals surface area (Å²) in [7, 11) is 0. The van der Waals surface area contributed by atoms with Crippen LogP contribution in [0, 0.1) is 21.4 Å². The zero-order valence-electron chi connectivity index (χ0n) is 23.5. The van der Waals surface area contributed by atoms with Crippen LogP contribution in [0.25, 0.3) is 21.8 Å². The SMILES string of the molecule is N#CC1=C(N)Oc2cc3c(cc2C12C(=O)N(Cc1cn(Cc4ccc([N+](=O)[O-])cc4)nn1)c1ccccc12)[nH]c1ccccc13. The highest BCUT2D eigenvalue weighted by molar-refractivity contribution is 6.15. The number of non-ortho nitro benzene ring substituents is 1. The molecule has 4 aromatic carbocycles. The molecule has 4 heterocycles. The van der Waals surface area contributed by atoms with Crippen LogP contribution in [0.4, 0.5) is 11.4 Å². The van der Waals surface area contributed by atoms with Crippen molar-refractivity contribution in [3.63, 3.8) is 0 Å². The number of carbonyl (C=O) groups is 1. The van der Waals surface area contributed by atoms with E-state index in [4.69, 9.17) is 10.5 Å². The number of nitro benzene ring substituents is 1. The van der Waals surface area contributed by atoms with Gasteiger partial charge in [0.05, 0.1) is 24.2 Å². The largest absolute Gasteiger partial charge is 0.440 e. The van der Waals surface area contributed by atoms with Crippen molar-refractivity contribution in [2.45, 2.75) is 18.5 Å². The van der Waals surface area contributed by atoms with Crippen LogP contribution < -0.4 is 15.4 Å². The molecular weight excluding hydrogens is 572 g/mol. The number of fused-ring (bicyclic) bond motifs is 7. The maximum atomic E-state index is 14.8. The number of nitro groups is 1. The Hall–Kier alpha value is -6.48. The smallest absolute Gasteiger partial charge is 0.269 e. The lowest BCUT2D eigenvalue weighted by atomic mass is 9.68. The first-order chi connectivity index (χ1) is 21.9. The third-order valence-corrected chi connectivity index (χ3v) is 8.53. The minimum atomic E-state index is -1.54. The number of nitriles is 1. The zero-order chi connectivity index (χ0) is 30.9. The summed E-state index contributed by atoms with van der Waals surface area (Å²) in [6.45, 7) is 0.420. The Kier molecular flexibility index (Phi) is 5.53. The number of rotatable bonds is 5. The number of nitrogens with two attached hydrogens (primary N) is 1. The van der Waals surface area contributed by atoms with Crippen LogP contribution in [-0.4, -0.2) is 30.8 Å². The summed E-state index contributed by atoms with van der Waals surface area (Å²) >= 11 is 0. The van der Waals surface area contributed by atoms with Crippen molar-refractivity contribution in [3.05, 3.63) is 135 Å². The van der Waals surface area contributed by atoms with Crippen LogP contribution in [-0.2, 0) is 23.3 Å². The van der Waals surface area contributed by atoms with Gasteiger partial charge in [0.1, 0.15) is 28.5 Å². The Bertz CT molecular complexity index is 2300. The van der Waals surface area contributed by atoms with E-state index in [0.717, 1.165) is 27.4 Å². The Morgan fingerprint density at radius 1 is 0.978 bits per heavy atom. The Morgan fingerprint density at radius 2 is 1.76 bits per heavy atom. The van der Waals surface area contributed by atoms with Crippen LogP contribution in [0.3, 0.4) is 0 Å². The van der Waals surface area contributed by atoms with E-state index in [0.29, 0.717) is 34.8 Å². The van der Waals surface area contributed by atoms with Gasteiger partial charge in [0, 0.05) is 50.8 Å². The molecule has 12 nitrogen and oxygen atoms in total. The van der Waals surface area contributed by atoms with E-state index >= 15 is 0 Å². The first-order valence-electron chi connectivity index (χ1n) is 14.1. The molecule has 0 bridgehead atoms. The van der Waals surface area contributed by atoms with Gasteiger partial charge in [-0.3, -0.25) is 14.9 Å². The van der Waals surface area contributed by atoms with Crippen molar-refractivity contribution in [1.29, 1.82) is 5.26 Å². The third-order valence-electron chi connectivity index (χ3n) is 8.53. The number of nitrogens with zero attached hydrogens (tertiary/aromatic N) is 6. The monoisotopic (exact) mass is 594 g/mol. The second-order valence-corrected chi connectivity index (χ2v) is 11.0. The average Bonchev–Trinajstić information content (AvgIpc) is 3.71. The topological polar surface area (TPSA) is 169 Å². The molecule has 1 atom stereocenters. The van der Waals surface area contributed by atoms with Gasteiger partial charge < -0.3 is 20.4 Å². The van der Waals surface area contributed by atoms with Crippen LogP contribution in [0.1, 0.15) is 22.4 Å². The fourth-order valence-corrected chi connectivity index (χ4v) is 6.56. The molecule has 6 aromatic rings. The number of aromatic amines is 1. The molecule has 0 saturated carbocycles. The summed E-state index contributed by atoms with van der Waals surface area (Å²) in [4.78, 5) is 30.4.